The van der Waals surface area contributed by atoms with Gasteiger partial charge in [-0.25, -0.2) is 0 Å². The molecule has 2 aromatic heterocycles. The average Bonchev–Trinajstić information content (AvgIpc) is 3.21. The van der Waals surface area contributed by atoms with Crippen molar-refractivity contribution in [3.63, 3.8) is 0 Å². The summed E-state index contributed by atoms with van der Waals surface area (Å²) in [7, 11) is 0. The molecular formula is C17H14O3S2. The van der Waals surface area contributed by atoms with Gasteiger partial charge in [0.25, 0.3) is 0 Å². The summed E-state index contributed by atoms with van der Waals surface area (Å²) in [5, 5.41) is 32.8. The molecule has 0 aliphatic rings. The van der Waals surface area contributed by atoms with Gasteiger partial charge >= 0.3 is 0 Å². The Labute approximate surface area is 137 Å². The Hall–Kier alpha value is -2.20. The minimum atomic E-state index is -0.138. The van der Waals surface area contributed by atoms with Gasteiger partial charge in [-0.2, -0.15) is 22.7 Å². The number of hydrogen-bond donors (Lipinski definition) is 3. The van der Waals surface area contributed by atoms with Crippen molar-refractivity contribution in [1.82, 2.24) is 0 Å². The van der Waals surface area contributed by atoms with E-state index in [9.17, 15) is 0 Å². The van der Waals surface area contributed by atoms with Crippen LogP contribution in [0.2, 0.25) is 0 Å². The van der Waals surface area contributed by atoms with Crippen molar-refractivity contribution in [2.45, 2.75) is 6.42 Å². The third-order valence-corrected chi connectivity index (χ3v) is 3.71. The van der Waals surface area contributed by atoms with Crippen LogP contribution in [0.4, 0.5) is 0 Å². The van der Waals surface area contributed by atoms with Crippen molar-refractivity contribution in [2.75, 3.05) is 13.2 Å². The van der Waals surface area contributed by atoms with Gasteiger partial charge in [-0.15, -0.1) is 0 Å². The minimum absolute atomic E-state index is 0.0597. The van der Waals surface area contributed by atoms with Crippen LogP contribution in [0, 0.1) is 35.7 Å². The van der Waals surface area contributed by atoms with E-state index < -0.39 is 0 Å². The van der Waals surface area contributed by atoms with Crippen LogP contribution in [-0.2, 0) is 6.42 Å². The van der Waals surface area contributed by atoms with E-state index in [-0.39, 0.29) is 13.2 Å². The average molecular weight is 330 g/mol. The Kier molecular flexibility index (Phi) is 9.30. The second-order valence-electron chi connectivity index (χ2n) is 3.71. The maximum Gasteiger partial charge on any atom is 0.107 e. The molecule has 0 aromatic carbocycles. The molecule has 5 heteroatoms. The molecule has 0 fully saturated rings. The van der Waals surface area contributed by atoms with Crippen LogP contribution in [0.5, 0.6) is 0 Å². The van der Waals surface area contributed by atoms with E-state index in [1.807, 2.05) is 33.7 Å². The van der Waals surface area contributed by atoms with Gasteiger partial charge < -0.3 is 15.3 Å². The molecule has 2 rings (SSSR count). The zero-order valence-corrected chi connectivity index (χ0v) is 13.3. The summed E-state index contributed by atoms with van der Waals surface area (Å²) >= 11 is 3.14. The van der Waals surface area contributed by atoms with E-state index in [0.717, 1.165) is 16.7 Å². The quantitative estimate of drug-likeness (QED) is 0.702. The number of hydrogen-bond acceptors (Lipinski definition) is 5. The van der Waals surface area contributed by atoms with Crippen LogP contribution in [-0.4, -0.2) is 28.5 Å². The lowest BCUT2D eigenvalue weighted by atomic mass is 10.1. The highest BCUT2D eigenvalue weighted by Gasteiger charge is 1.98. The number of thiophene rings is 2. The van der Waals surface area contributed by atoms with E-state index in [4.69, 9.17) is 15.3 Å². The summed E-state index contributed by atoms with van der Waals surface area (Å²) in [5.41, 5.74) is 2.85. The Balaban J connectivity index is 0.000000235. The first kappa shape index (κ1) is 17.9. The molecule has 0 atom stereocenters. The van der Waals surface area contributed by atoms with Gasteiger partial charge in [0.1, 0.15) is 19.3 Å². The summed E-state index contributed by atoms with van der Waals surface area (Å²) in [6.07, 6.45) is 2.34. The van der Waals surface area contributed by atoms with Gasteiger partial charge in [-0.05, 0) is 22.4 Å². The second-order valence-corrected chi connectivity index (χ2v) is 5.23. The monoisotopic (exact) mass is 330 g/mol. The molecule has 0 radical (unpaired) electrons. The van der Waals surface area contributed by atoms with E-state index in [2.05, 4.69) is 29.6 Å². The molecule has 0 amide bonds. The third kappa shape index (κ3) is 6.99. The standard InChI is InChI=1S/C10H8O2S.C7H6OS/c11-5-1-3-9-7-13-8-10(9)4-2-6-12;8-4-1-2-7-3-5-9-6-7/h7-8,11-12H,3,6H2;3,5-6,8H,4H2. The highest BCUT2D eigenvalue weighted by molar-refractivity contribution is 7.08. The van der Waals surface area contributed by atoms with E-state index in [1.54, 1.807) is 11.3 Å². The molecule has 0 unspecified atom stereocenters. The molecule has 22 heavy (non-hydrogen) atoms. The van der Waals surface area contributed by atoms with E-state index >= 15 is 0 Å². The summed E-state index contributed by atoms with van der Waals surface area (Å²) in [6.45, 7) is -0.198. The summed E-state index contributed by atoms with van der Waals surface area (Å²) in [4.78, 5) is 0. The fourth-order valence-electron chi connectivity index (χ4n) is 1.32. The summed E-state index contributed by atoms with van der Waals surface area (Å²) in [6, 6.07) is 1.92. The molecule has 2 aromatic rings. The molecule has 0 saturated heterocycles. The van der Waals surface area contributed by atoms with Crippen LogP contribution in [0.25, 0.3) is 0 Å². The molecule has 3 nitrogen and oxygen atoms in total. The van der Waals surface area contributed by atoms with Gasteiger partial charge in [0.15, 0.2) is 0 Å². The van der Waals surface area contributed by atoms with Gasteiger partial charge in [0, 0.05) is 28.3 Å². The van der Waals surface area contributed by atoms with Crippen LogP contribution >= 0.6 is 22.7 Å². The number of aliphatic hydroxyl groups is 3. The Bertz CT molecular complexity index is 726. The predicted octanol–water partition coefficient (Wildman–Crippen LogP) is 2.06. The fraction of sp³-hybridized carbons (Fsp3) is 0.176. The maximum atomic E-state index is 8.49. The normalized spacial score (nSPS) is 8.09. The van der Waals surface area contributed by atoms with Crippen molar-refractivity contribution in [2.24, 2.45) is 0 Å². The number of rotatable bonds is 1. The molecule has 0 saturated carbocycles. The number of aliphatic hydroxyl groups excluding tert-OH is 3. The third-order valence-electron chi connectivity index (χ3n) is 2.24. The van der Waals surface area contributed by atoms with Gasteiger partial charge in [-0.3, -0.25) is 0 Å². The van der Waals surface area contributed by atoms with Crippen molar-refractivity contribution >= 4 is 22.7 Å². The Morgan fingerprint density at radius 1 is 0.909 bits per heavy atom. The first-order valence-corrected chi connectivity index (χ1v) is 8.09. The topological polar surface area (TPSA) is 60.7 Å². The lowest BCUT2D eigenvalue weighted by Crippen LogP contribution is -1.82. The molecule has 0 aliphatic carbocycles. The van der Waals surface area contributed by atoms with E-state index in [0.29, 0.717) is 6.42 Å². The van der Waals surface area contributed by atoms with Crippen LogP contribution in [0.15, 0.2) is 27.6 Å². The van der Waals surface area contributed by atoms with Crippen LogP contribution < -0.4 is 0 Å². The second kappa shape index (κ2) is 11.5. The van der Waals surface area contributed by atoms with Crippen molar-refractivity contribution in [3.05, 3.63) is 44.3 Å². The first-order chi connectivity index (χ1) is 10.8. The largest absolute Gasteiger partial charge is 0.462 e. The fourth-order valence-corrected chi connectivity index (χ4v) is 2.69. The molecule has 0 spiro atoms. The lowest BCUT2D eigenvalue weighted by molar-refractivity contribution is 0.350. The molecule has 0 aliphatic heterocycles. The maximum absolute atomic E-state index is 8.49. The summed E-state index contributed by atoms with van der Waals surface area (Å²) < 4.78 is 0. The Morgan fingerprint density at radius 2 is 1.68 bits per heavy atom. The van der Waals surface area contributed by atoms with Crippen molar-refractivity contribution < 1.29 is 15.3 Å². The van der Waals surface area contributed by atoms with E-state index in [1.165, 1.54) is 11.3 Å². The molecule has 2 heterocycles. The SMILES string of the molecule is OC#CCc1cscc1C#CCO.OCC#Cc1ccsc1. The smallest absolute Gasteiger partial charge is 0.107 e. The predicted molar refractivity (Wildman–Crippen MR) is 90.0 cm³/mol. The summed E-state index contributed by atoms with van der Waals surface area (Å²) in [5.74, 6) is 13.3. The Morgan fingerprint density at radius 3 is 2.32 bits per heavy atom. The van der Waals surface area contributed by atoms with Crippen LogP contribution in [0.3, 0.4) is 0 Å². The first-order valence-electron chi connectivity index (χ1n) is 6.20. The highest BCUT2D eigenvalue weighted by atomic mass is 32.1. The molecular weight excluding hydrogens is 316 g/mol. The van der Waals surface area contributed by atoms with Crippen LogP contribution in [0.1, 0.15) is 16.7 Å². The van der Waals surface area contributed by atoms with Gasteiger partial charge in [0.05, 0.1) is 0 Å². The zero-order chi connectivity index (χ0) is 16.0. The molecule has 3 N–H and O–H groups in total. The zero-order valence-electron chi connectivity index (χ0n) is 11.7. The lowest BCUT2D eigenvalue weighted by Gasteiger charge is -1.88. The molecule has 112 valence electrons. The highest BCUT2D eigenvalue weighted by Crippen LogP contribution is 2.13. The van der Waals surface area contributed by atoms with Crippen molar-refractivity contribution in [3.8, 4) is 35.7 Å². The van der Waals surface area contributed by atoms with Gasteiger partial charge in [-0.1, -0.05) is 29.6 Å². The minimum Gasteiger partial charge on any atom is -0.462 e. The van der Waals surface area contributed by atoms with Crippen molar-refractivity contribution in [1.29, 1.82) is 0 Å². The molecule has 0 bridgehead atoms. The van der Waals surface area contributed by atoms with Gasteiger partial charge in [0.2, 0.25) is 0 Å².